The number of aromatic nitrogens is 3. The van der Waals surface area contributed by atoms with Crippen LogP contribution >= 0.6 is 11.6 Å². The van der Waals surface area contributed by atoms with Gasteiger partial charge in [0.2, 0.25) is 5.91 Å². The minimum absolute atomic E-state index is 0.0730. The first-order valence-corrected chi connectivity index (χ1v) is 12.3. The maximum Gasteiger partial charge on any atom is 0.259 e. The number of nitrogens with one attached hydrogen (secondary N) is 1. The second-order valence-electron chi connectivity index (χ2n) is 8.80. The molecule has 1 aliphatic heterocycles. The van der Waals surface area contributed by atoms with Gasteiger partial charge in [-0.15, -0.1) is 0 Å². The summed E-state index contributed by atoms with van der Waals surface area (Å²) in [5.74, 6) is 0.0638. The van der Waals surface area contributed by atoms with Crippen molar-refractivity contribution < 1.29 is 9.59 Å². The molecule has 1 fully saturated rings. The van der Waals surface area contributed by atoms with Gasteiger partial charge in [0.05, 0.1) is 5.02 Å². The highest BCUT2D eigenvalue weighted by Crippen LogP contribution is 2.25. The highest BCUT2D eigenvalue weighted by Gasteiger charge is 2.27. The first kappa shape index (κ1) is 24.0. The van der Waals surface area contributed by atoms with E-state index in [2.05, 4.69) is 19.9 Å². The van der Waals surface area contributed by atoms with Gasteiger partial charge in [0, 0.05) is 74.0 Å². The third-order valence-electron chi connectivity index (χ3n) is 6.53. The number of hydrogen-bond donors (Lipinski definition) is 1. The van der Waals surface area contributed by atoms with Crippen molar-refractivity contribution in [1.29, 1.82) is 0 Å². The van der Waals surface area contributed by atoms with Crippen LogP contribution in [0.25, 0.3) is 10.9 Å². The molecule has 1 aromatic carbocycles. The topological polar surface area (TPSA) is 85.4 Å². The molecule has 1 N–H and O–H groups in total. The molecule has 4 heterocycles. The zero-order valence-corrected chi connectivity index (χ0v) is 20.6. The first-order chi connectivity index (χ1) is 17.6. The Morgan fingerprint density at radius 1 is 1.00 bits per heavy atom. The van der Waals surface area contributed by atoms with Crippen LogP contribution < -0.4 is 4.90 Å². The molecule has 1 aliphatic rings. The summed E-state index contributed by atoms with van der Waals surface area (Å²) in [4.78, 5) is 44.0. The van der Waals surface area contributed by atoms with Gasteiger partial charge in [0.25, 0.3) is 5.91 Å². The van der Waals surface area contributed by atoms with E-state index in [-0.39, 0.29) is 18.4 Å². The zero-order valence-electron chi connectivity index (χ0n) is 19.8. The third kappa shape index (κ3) is 5.40. The maximum atomic E-state index is 13.5. The van der Waals surface area contributed by atoms with Gasteiger partial charge >= 0.3 is 0 Å². The highest BCUT2D eigenvalue weighted by atomic mass is 35.5. The van der Waals surface area contributed by atoms with Crippen LogP contribution in [0.4, 0.5) is 5.82 Å². The van der Waals surface area contributed by atoms with E-state index in [9.17, 15) is 9.59 Å². The largest absolute Gasteiger partial charge is 0.360 e. The Bertz CT molecular complexity index is 1340. The van der Waals surface area contributed by atoms with E-state index in [1.54, 1.807) is 36.7 Å². The van der Waals surface area contributed by atoms with Crippen molar-refractivity contribution in [3.8, 4) is 0 Å². The molecule has 36 heavy (non-hydrogen) atoms. The van der Waals surface area contributed by atoms with Crippen molar-refractivity contribution in [2.75, 3.05) is 44.2 Å². The Labute approximate surface area is 214 Å². The van der Waals surface area contributed by atoms with Crippen molar-refractivity contribution in [2.24, 2.45) is 0 Å². The Morgan fingerprint density at radius 3 is 2.56 bits per heavy atom. The van der Waals surface area contributed by atoms with Gasteiger partial charge in [0.1, 0.15) is 12.4 Å². The lowest BCUT2D eigenvalue weighted by Crippen LogP contribution is -2.52. The lowest BCUT2D eigenvalue weighted by Gasteiger charge is -2.35. The molecule has 0 spiro atoms. The molecule has 184 valence electrons. The van der Waals surface area contributed by atoms with E-state index in [0.717, 1.165) is 37.0 Å². The third-order valence-corrected chi connectivity index (χ3v) is 6.85. The molecule has 0 saturated carbocycles. The van der Waals surface area contributed by atoms with Crippen LogP contribution in [0.1, 0.15) is 15.9 Å². The smallest absolute Gasteiger partial charge is 0.259 e. The number of halogens is 1. The number of anilines is 1. The molecule has 1 saturated heterocycles. The van der Waals surface area contributed by atoms with E-state index >= 15 is 0 Å². The number of nitrogens with zero attached hydrogens (tertiary/aromatic N) is 5. The van der Waals surface area contributed by atoms with Gasteiger partial charge in [0.15, 0.2) is 0 Å². The summed E-state index contributed by atoms with van der Waals surface area (Å²) >= 11 is 6.19. The van der Waals surface area contributed by atoms with Crippen LogP contribution in [0.2, 0.25) is 5.02 Å². The molecule has 0 atom stereocenters. The number of fused-ring (bicyclic) bond motifs is 1. The lowest BCUT2D eigenvalue weighted by molar-refractivity contribution is -0.131. The lowest BCUT2D eigenvalue weighted by atomic mass is 10.1. The van der Waals surface area contributed by atoms with E-state index < -0.39 is 0 Å². The SMILES string of the molecule is O=C(CN(C(=O)c1ccc2c(Cl)c[nH]c2c1)c1ccccn1)N1CCN(CCc2ccncc2)CC1. The Morgan fingerprint density at radius 2 is 1.81 bits per heavy atom. The average molecular weight is 503 g/mol. The number of H-pyrrole nitrogens is 1. The van der Waals surface area contributed by atoms with Crippen LogP contribution in [-0.4, -0.2) is 75.8 Å². The van der Waals surface area contributed by atoms with Crippen molar-refractivity contribution >= 4 is 40.1 Å². The summed E-state index contributed by atoms with van der Waals surface area (Å²) in [6.07, 6.45) is 7.89. The molecule has 4 aromatic rings. The molecule has 2 amide bonds. The number of hydrogen-bond acceptors (Lipinski definition) is 5. The summed E-state index contributed by atoms with van der Waals surface area (Å²) in [5.41, 5.74) is 2.48. The fourth-order valence-corrected chi connectivity index (χ4v) is 4.66. The molecule has 9 heteroatoms. The monoisotopic (exact) mass is 502 g/mol. The number of amides is 2. The Hall–Kier alpha value is -3.75. The summed E-state index contributed by atoms with van der Waals surface area (Å²) in [5, 5.41) is 1.44. The average Bonchev–Trinajstić information content (AvgIpc) is 3.31. The second-order valence-corrected chi connectivity index (χ2v) is 9.21. The fraction of sp³-hybridized carbons (Fsp3) is 0.259. The van der Waals surface area contributed by atoms with Crippen LogP contribution in [0, 0.1) is 0 Å². The number of benzene rings is 1. The molecule has 3 aromatic heterocycles. The minimum atomic E-state index is -0.286. The number of aromatic amines is 1. The van der Waals surface area contributed by atoms with Crippen molar-refractivity contribution in [3.63, 3.8) is 0 Å². The van der Waals surface area contributed by atoms with Gasteiger partial charge in [-0.1, -0.05) is 23.7 Å². The predicted molar refractivity (Wildman–Crippen MR) is 140 cm³/mol. The summed E-state index contributed by atoms with van der Waals surface area (Å²) in [7, 11) is 0. The number of carbonyl (C=O) groups is 2. The van der Waals surface area contributed by atoms with E-state index in [1.165, 1.54) is 10.5 Å². The summed E-state index contributed by atoms with van der Waals surface area (Å²) in [6.45, 7) is 3.74. The van der Waals surface area contributed by atoms with E-state index in [1.807, 2.05) is 41.6 Å². The van der Waals surface area contributed by atoms with Crippen LogP contribution in [-0.2, 0) is 11.2 Å². The normalized spacial score (nSPS) is 14.2. The van der Waals surface area contributed by atoms with Gasteiger partial charge in [-0.05, 0) is 48.4 Å². The van der Waals surface area contributed by atoms with Crippen molar-refractivity contribution in [2.45, 2.75) is 6.42 Å². The van der Waals surface area contributed by atoms with Gasteiger partial charge < -0.3 is 9.88 Å². The molecule has 0 aliphatic carbocycles. The number of piperazine rings is 1. The van der Waals surface area contributed by atoms with Crippen LogP contribution in [0.15, 0.2) is 73.3 Å². The molecule has 0 bridgehead atoms. The maximum absolute atomic E-state index is 13.5. The Balaban J connectivity index is 1.25. The molecule has 8 nitrogen and oxygen atoms in total. The predicted octanol–water partition coefficient (Wildman–Crippen LogP) is 3.65. The molecular weight excluding hydrogens is 476 g/mol. The van der Waals surface area contributed by atoms with Crippen LogP contribution in [0.3, 0.4) is 0 Å². The first-order valence-electron chi connectivity index (χ1n) is 12.0. The van der Waals surface area contributed by atoms with Crippen molar-refractivity contribution in [3.05, 3.63) is 89.5 Å². The molecular formula is C27H27ClN6O2. The number of rotatable bonds is 7. The van der Waals surface area contributed by atoms with Gasteiger partial charge in [-0.25, -0.2) is 4.98 Å². The minimum Gasteiger partial charge on any atom is -0.360 e. The zero-order chi connectivity index (χ0) is 24.9. The number of pyridine rings is 2. The standard InChI is InChI=1S/C27H27ClN6O2/c28-23-18-31-24-17-21(4-5-22(23)24)27(36)34(25-3-1-2-9-30-25)19-26(35)33-15-13-32(14-16-33)12-8-20-6-10-29-11-7-20/h1-7,9-11,17-18,31H,8,12-16,19H2. The van der Waals surface area contributed by atoms with Gasteiger partial charge in [-0.2, -0.15) is 0 Å². The summed E-state index contributed by atoms with van der Waals surface area (Å²) < 4.78 is 0. The molecule has 0 radical (unpaired) electrons. The fourth-order valence-electron chi connectivity index (χ4n) is 4.44. The Kier molecular flexibility index (Phi) is 7.25. The highest BCUT2D eigenvalue weighted by molar-refractivity contribution is 6.35. The quantitative estimate of drug-likeness (QED) is 0.417. The van der Waals surface area contributed by atoms with E-state index in [4.69, 9.17) is 11.6 Å². The number of carbonyl (C=O) groups excluding carboxylic acids is 2. The van der Waals surface area contributed by atoms with Crippen molar-refractivity contribution in [1.82, 2.24) is 24.8 Å². The molecule has 5 rings (SSSR count). The van der Waals surface area contributed by atoms with Gasteiger partial charge in [-0.3, -0.25) is 24.4 Å². The second kappa shape index (κ2) is 10.9. The summed E-state index contributed by atoms with van der Waals surface area (Å²) in [6, 6.07) is 14.7. The van der Waals surface area contributed by atoms with Crippen LogP contribution in [0.5, 0.6) is 0 Å². The molecule has 0 unspecified atom stereocenters. The van der Waals surface area contributed by atoms with E-state index in [0.29, 0.717) is 29.5 Å².